The number of rotatable bonds is 6. The number of nitrogens with one attached hydrogen (secondary N) is 1. The van der Waals surface area contributed by atoms with Crippen LogP contribution < -0.4 is 11.1 Å². The zero-order valence-electron chi connectivity index (χ0n) is 11.3. The third-order valence-corrected chi connectivity index (χ3v) is 2.60. The fourth-order valence-corrected chi connectivity index (χ4v) is 1.78. The zero-order chi connectivity index (χ0) is 13.6. The van der Waals surface area contributed by atoms with Crippen molar-refractivity contribution in [1.29, 1.82) is 0 Å². The van der Waals surface area contributed by atoms with Gasteiger partial charge < -0.3 is 15.8 Å². The first-order chi connectivity index (χ1) is 8.44. The Labute approximate surface area is 109 Å². The molecular weight excluding hydrogens is 228 g/mol. The molecule has 1 atom stereocenters. The maximum absolute atomic E-state index is 11.9. The number of nitrogens with two attached hydrogens (primary N) is 1. The van der Waals surface area contributed by atoms with Crippen LogP contribution in [0.1, 0.15) is 19.4 Å². The lowest BCUT2D eigenvalue weighted by Crippen LogP contribution is -2.53. The minimum absolute atomic E-state index is 0.152. The lowest BCUT2D eigenvalue weighted by Gasteiger charge is -2.27. The zero-order valence-corrected chi connectivity index (χ0v) is 11.3. The molecule has 0 radical (unpaired) electrons. The average molecular weight is 250 g/mol. The van der Waals surface area contributed by atoms with E-state index in [2.05, 4.69) is 5.32 Å². The molecule has 0 saturated heterocycles. The first-order valence-electron chi connectivity index (χ1n) is 6.05. The molecule has 0 bridgehead atoms. The van der Waals surface area contributed by atoms with E-state index in [9.17, 15) is 4.79 Å². The van der Waals surface area contributed by atoms with Crippen molar-refractivity contribution in [3.63, 3.8) is 0 Å². The molecule has 18 heavy (non-hydrogen) atoms. The summed E-state index contributed by atoms with van der Waals surface area (Å²) in [5.41, 5.74) is 6.56. The number of hydrogen-bond acceptors (Lipinski definition) is 3. The molecule has 0 aliphatic heterocycles. The van der Waals surface area contributed by atoms with Gasteiger partial charge in [0.15, 0.2) is 0 Å². The Hall–Kier alpha value is -1.39. The van der Waals surface area contributed by atoms with Crippen LogP contribution in [0.2, 0.25) is 0 Å². The van der Waals surface area contributed by atoms with Crippen LogP contribution in [0.15, 0.2) is 30.3 Å². The summed E-state index contributed by atoms with van der Waals surface area (Å²) < 4.78 is 5.05. The van der Waals surface area contributed by atoms with E-state index >= 15 is 0 Å². The number of carbonyl (C=O) groups excluding carboxylic acids is 1. The average Bonchev–Trinajstić information content (AvgIpc) is 2.29. The van der Waals surface area contributed by atoms with Gasteiger partial charge in [0, 0.05) is 7.11 Å². The van der Waals surface area contributed by atoms with Crippen molar-refractivity contribution in [2.45, 2.75) is 31.8 Å². The normalized spacial score (nSPS) is 13.1. The van der Waals surface area contributed by atoms with Crippen molar-refractivity contribution in [1.82, 2.24) is 5.32 Å². The van der Waals surface area contributed by atoms with Crippen LogP contribution in [0.3, 0.4) is 0 Å². The molecule has 4 heteroatoms. The van der Waals surface area contributed by atoms with Crippen molar-refractivity contribution in [2.75, 3.05) is 13.7 Å². The molecule has 1 rings (SSSR count). The van der Waals surface area contributed by atoms with E-state index in [1.807, 2.05) is 44.2 Å². The maximum atomic E-state index is 11.9. The SMILES string of the molecule is COCC(C)(C)NC(=O)[C@@H](N)Cc1ccccc1. The summed E-state index contributed by atoms with van der Waals surface area (Å²) in [5, 5.41) is 2.89. The number of methoxy groups -OCH3 is 1. The second kappa shape index (κ2) is 6.52. The number of carbonyl (C=O) groups is 1. The van der Waals surface area contributed by atoms with E-state index in [4.69, 9.17) is 10.5 Å². The summed E-state index contributed by atoms with van der Waals surface area (Å²) in [5.74, 6) is -0.152. The van der Waals surface area contributed by atoms with Crippen LogP contribution >= 0.6 is 0 Å². The van der Waals surface area contributed by atoms with E-state index in [0.29, 0.717) is 13.0 Å². The van der Waals surface area contributed by atoms with Gasteiger partial charge in [-0.3, -0.25) is 4.79 Å². The minimum Gasteiger partial charge on any atom is -0.382 e. The highest BCUT2D eigenvalue weighted by atomic mass is 16.5. The van der Waals surface area contributed by atoms with E-state index in [-0.39, 0.29) is 5.91 Å². The third kappa shape index (κ3) is 4.85. The van der Waals surface area contributed by atoms with Gasteiger partial charge in [0.05, 0.1) is 18.2 Å². The molecule has 1 aromatic carbocycles. The quantitative estimate of drug-likeness (QED) is 0.794. The fraction of sp³-hybridized carbons (Fsp3) is 0.500. The standard InChI is InChI=1S/C14H22N2O2/c1-14(2,10-18-3)16-13(17)12(15)9-11-7-5-4-6-8-11/h4-8,12H,9-10,15H2,1-3H3,(H,16,17)/t12-/m0/s1. The molecule has 0 fully saturated rings. The van der Waals surface area contributed by atoms with Gasteiger partial charge in [0.2, 0.25) is 5.91 Å². The predicted molar refractivity (Wildman–Crippen MR) is 72.2 cm³/mol. The molecule has 0 heterocycles. The number of benzene rings is 1. The van der Waals surface area contributed by atoms with Gasteiger partial charge in [-0.05, 0) is 25.8 Å². The highest BCUT2D eigenvalue weighted by Crippen LogP contribution is 2.05. The number of ether oxygens (including phenoxy) is 1. The smallest absolute Gasteiger partial charge is 0.237 e. The lowest BCUT2D eigenvalue weighted by atomic mass is 10.0. The van der Waals surface area contributed by atoms with Crippen LogP contribution in [0, 0.1) is 0 Å². The Morgan fingerprint density at radius 3 is 2.56 bits per heavy atom. The molecule has 1 aromatic rings. The Balaban J connectivity index is 2.52. The molecule has 4 nitrogen and oxygen atoms in total. The van der Waals surface area contributed by atoms with Crippen molar-refractivity contribution in [3.05, 3.63) is 35.9 Å². The second-order valence-electron chi connectivity index (χ2n) is 5.10. The van der Waals surface area contributed by atoms with Gasteiger partial charge in [0.1, 0.15) is 0 Å². The van der Waals surface area contributed by atoms with Gasteiger partial charge in [-0.15, -0.1) is 0 Å². The predicted octanol–water partition coefficient (Wildman–Crippen LogP) is 1.10. The van der Waals surface area contributed by atoms with E-state index in [1.165, 1.54) is 0 Å². The first kappa shape index (κ1) is 14.7. The van der Waals surface area contributed by atoms with Gasteiger partial charge in [-0.25, -0.2) is 0 Å². The molecule has 3 N–H and O–H groups in total. The second-order valence-corrected chi connectivity index (χ2v) is 5.10. The summed E-state index contributed by atoms with van der Waals surface area (Å²) in [6, 6.07) is 9.21. The lowest BCUT2D eigenvalue weighted by molar-refractivity contribution is -0.124. The molecule has 0 aromatic heterocycles. The van der Waals surface area contributed by atoms with Crippen molar-refractivity contribution in [3.8, 4) is 0 Å². The molecule has 0 saturated carbocycles. The summed E-state index contributed by atoms with van der Waals surface area (Å²) in [7, 11) is 1.61. The molecule has 0 aliphatic carbocycles. The van der Waals surface area contributed by atoms with Crippen LogP contribution in [-0.2, 0) is 16.0 Å². The fourth-order valence-electron chi connectivity index (χ4n) is 1.78. The van der Waals surface area contributed by atoms with Crippen LogP contribution in [0.25, 0.3) is 0 Å². The third-order valence-electron chi connectivity index (χ3n) is 2.60. The molecule has 0 aliphatic rings. The highest BCUT2D eigenvalue weighted by molar-refractivity contribution is 5.82. The molecule has 1 amide bonds. The van der Waals surface area contributed by atoms with Crippen molar-refractivity contribution >= 4 is 5.91 Å². The van der Waals surface area contributed by atoms with Gasteiger partial charge in [-0.2, -0.15) is 0 Å². The van der Waals surface area contributed by atoms with Crippen molar-refractivity contribution in [2.24, 2.45) is 5.73 Å². The molecular formula is C14H22N2O2. The molecule has 100 valence electrons. The minimum atomic E-state index is -0.538. The van der Waals surface area contributed by atoms with Crippen LogP contribution in [-0.4, -0.2) is 31.2 Å². The largest absolute Gasteiger partial charge is 0.382 e. The maximum Gasteiger partial charge on any atom is 0.237 e. The Bertz CT molecular complexity index is 377. The highest BCUT2D eigenvalue weighted by Gasteiger charge is 2.23. The van der Waals surface area contributed by atoms with Crippen molar-refractivity contribution < 1.29 is 9.53 Å². The van der Waals surface area contributed by atoms with Crippen LogP contribution in [0.4, 0.5) is 0 Å². The Morgan fingerprint density at radius 1 is 1.39 bits per heavy atom. The topological polar surface area (TPSA) is 64.3 Å². The molecule has 0 spiro atoms. The van der Waals surface area contributed by atoms with E-state index in [1.54, 1.807) is 7.11 Å². The van der Waals surface area contributed by atoms with Gasteiger partial charge >= 0.3 is 0 Å². The summed E-state index contributed by atoms with van der Waals surface area (Å²) in [6.45, 7) is 4.27. The van der Waals surface area contributed by atoms with Gasteiger partial charge in [-0.1, -0.05) is 30.3 Å². The monoisotopic (exact) mass is 250 g/mol. The summed E-state index contributed by atoms with van der Waals surface area (Å²) in [4.78, 5) is 11.9. The summed E-state index contributed by atoms with van der Waals surface area (Å²) in [6.07, 6.45) is 0.537. The molecule has 0 unspecified atom stereocenters. The number of hydrogen-bond donors (Lipinski definition) is 2. The number of amides is 1. The van der Waals surface area contributed by atoms with E-state index < -0.39 is 11.6 Å². The van der Waals surface area contributed by atoms with Crippen LogP contribution in [0.5, 0.6) is 0 Å². The first-order valence-corrected chi connectivity index (χ1v) is 6.05. The Morgan fingerprint density at radius 2 is 2.00 bits per heavy atom. The summed E-state index contributed by atoms with van der Waals surface area (Å²) >= 11 is 0. The van der Waals surface area contributed by atoms with Gasteiger partial charge in [0.25, 0.3) is 0 Å². The Kier molecular flexibility index (Phi) is 5.31. The van der Waals surface area contributed by atoms with E-state index in [0.717, 1.165) is 5.56 Å².